The Morgan fingerprint density at radius 2 is 2.18 bits per heavy atom. The Labute approximate surface area is 110 Å². The maximum absolute atomic E-state index is 11.6. The molecule has 1 saturated heterocycles. The summed E-state index contributed by atoms with van der Waals surface area (Å²) in [6, 6.07) is 0.484. The molecule has 4 nitrogen and oxygen atoms in total. The quantitative estimate of drug-likeness (QED) is 0.763. The topological polar surface area (TPSA) is 44.4 Å². The molecule has 5 heteroatoms. The molecule has 2 N–H and O–H groups in total. The molecule has 2 fully saturated rings. The van der Waals surface area contributed by atoms with E-state index in [2.05, 4.69) is 15.5 Å². The number of rotatable bonds is 5. The summed E-state index contributed by atoms with van der Waals surface area (Å²) in [6.07, 6.45) is 4.90. The van der Waals surface area contributed by atoms with E-state index in [0.717, 1.165) is 19.6 Å². The number of carbonyl (C=O) groups is 1. The second-order valence-electron chi connectivity index (χ2n) is 5.25. The van der Waals surface area contributed by atoms with Crippen molar-refractivity contribution < 1.29 is 4.79 Å². The molecule has 17 heavy (non-hydrogen) atoms. The second kappa shape index (κ2) is 7.19. The van der Waals surface area contributed by atoms with E-state index in [4.69, 9.17) is 0 Å². The average molecular weight is 262 g/mol. The average Bonchev–Trinajstić information content (AvgIpc) is 3.02. The van der Waals surface area contributed by atoms with E-state index in [9.17, 15) is 4.79 Å². The fourth-order valence-corrected chi connectivity index (χ4v) is 2.33. The molecule has 2 aliphatic rings. The van der Waals surface area contributed by atoms with Crippen molar-refractivity contribution >= 4 is 18.3 Å². The van der Waals surface area contributed by atoms with E-state index < -0.39 is 0 Å². The van der Waals surface area contributed by atoms with Crippen molar-refractivity contribution in [2.45, 2.75) is 31.7 Å². The SMILES string of the molecule is CN(CC(=O)NC1CC1)CC1CCCNC1.Cl. The van der Waals surface area contributed by atoms with Gasteiger partial charge in [-0.05, 0) is 51.7 Å². The minimum Gasteiger partial charge on any atom is -0.352 e. The van der Waals surface area contributed by atoms with Crippen LogP contribution in [0.25, 0.3) is 0 Å². The summed E-state index contributed by atoms with van der Waals surface area (Å²) in [7, 11) is 2.04. The summed E-state index contributed by atoms with van der Waals surface area (Å²) in [5, 5.41) is 6.43. The first-order chi connectivity index (χ1) is 7.74. The van der Waals surface area contributed by atoms with Gasteiger partial charge in [-0.25, -0.2) is 0 Å². The normalized spacial score (nSPS) is 24.2. The Balaban J connectivity index is 0.00000144. The lowest BCUT2D eigenvalue weighted by Crippen LogP contribution is -2.41. The zero-order valence-electron chi connectivity index (χ0n) is 10.6. The van der Waals surface area contributed by atoms with Crippen LogP contribution in [0, 0.1) is 5.92 Å². The van der Waals surface area contributed by atoms with Gasteiger partial charge in [-0.1, -0.05) is 0 Å². The van der Waals surface area contributed by atoms with Crippen LogP contribution in [-0.2, 0) is 4.79 Å². The zero-order chi connectivity index (χ0) is 11.4. The molecule has 0 aromatic rings. The molecule has 0 aromatic heterocycles. The lowest BCUT2D eigenvalue weighted by atomic mass is 9.99. The highest BCUT2D eigenvalue weighted by Gasteiger charge is 2.24. The molecule has 1 saturated carbocycles. The smallest absolute Gasteiger partial charge is 0.234 e. The summed E-state index contributed by atoms with van der Waals surface area (Å²) < 4.78 is 0. The molecule has 100 valence electrons. The van der Waals surface area contributed by atoms with Crippen LogP contribution in [0.5, 0.6) is 0 Å². The van der Waals surface area contributed by atoms with Gasteiger partial charge in [0.2, 0.25) is 5.91 Å². The van der Waals surface area contributed by atoms with Crippen LogP contribution < -0.4 is 10.6 Å². The number of nitrogens with one attached hydrogen (secondary N) is 2. The highest BCUT2D eigenvalue weighted by molar-refractivity contribution is 5.85. The van der Waals surface area contributed by atoms with Crippen LogP contribution in [0.4, 0.5) is 0 Å². The van der Waals surface area contributed by atoms with Crippen LogP contribution in [0.1, 0.15) is 25.7 Å². The third-order valence-electron chi connectivity index (χ3n) is 3.32. The number of likely N-dealkylation sites (N-methyl/N-ethyl adjacent to an activating group) is 1. The highest BCUT2D eigenvalue weighted by Crippen LogP contribution is 2.18. The van der Waals surface area contributed by atoms with E-state index in [1.807, 2.05) is 7.05 Å². The van der Waals surface area contributed by atoms with Crippen LogP contribution >= 0.6 is 12.4 Å². The number of hydrogen-bond donors (Lipinski definition) is 2. The van der Waals surface area contributed by atoms with Crippen molar-refractivity contribution in [1.29, 1.82) is 0 Å². The Morgan fingerprint density at radius 1 is 1.41 bits per heavy atom. The molecule has 0 bridgehead atoms. The van der Waals surface area contributed by atoms with Crippen LogP contribution in [0.2, 0.25) is 0 Å². The van der Waals surface area contributed by atoms with Crippen molar-refractivity contribution in [3.63, 3.8) is 0 Å². The van der Waals surface area contributed by atoms with Gasteiger partial charge in [0.05, 0.1) is 6.54 Å². The first kappa shape index (κ1) is 14.7. The molecule has 1 aliphatic heterocycles. The molecular weight excluding hydrogens is 238 g/mol. The van der Waals surface area contributed by atoms with Gasteiger partial charge >= 0.3 is 0 Å². The van der Waals surface area contributed by atoms with Crippen molar-refractivity contribution in [2.75, 3.05) is 33.2 Å². The van der Waals surface area contributed by atoms with Crippen molar-refractivity contribution in [3.05, 3.63) is 0 Å². The lowest BCUT2D eigenvalue weighted by Gasteiger charge is -2.27. The lowest BCUT2D eigenvalue weighted by molar-refractivity contribution is -0.122. The summed E-state index contributed by atoms with van der Waals surface area (Å²) in [5.74, 6) is 0.904. The predicted molar refractivity (Wildman–Crippen MR) is 71.5 cm³/mol. The molecule has 1 unspecified atom stereocenters. The minimum atomic E-state index is 0. The molecule has 1 amide bonds. The second-order valence-corrected chi connectivity index (χ2v) is 5.25. The Morgan fingerprint density at radius 3 is 2.76 bits per heavy atom. The van der Waals surface area contributed by atoms with E-state index in [1.54, 1.807) is 0 Å². The van der Waals surface area contributed by atoms with Gasteiger partial charge in [-0.2, -0.15) is 0 Å². The maximum atomic E-state index is 11.6. The number of carbonyl (C=O) groups excluding carboxylic acids is 1. The first-order valence-electron chi connectivity index (χ1n) is 6.42. The summed E-state index contributed by atoms with van der Waals surface area (Å²) in [6.45, 7) is 3.84. The monoisotopic (exact) mass is 261 g/mol. The number of amides is 1. The van der Waals surface area contributed by atoms with Crippen LogP contribution in [0.15, 0.2) is 0 Å². The summed E-state index contributed by atoms with van der Waals surface area (Å²) in [5.41, 5.74) is 0. The molecule has 1 aliphatic carbocycles. The zero-order valence-corrected chi connectivity index (χ0v) is 11.4. The van der Waals surface area contributed by atoms with Gasteiger partial charge in [-0.15, -0.1) is 12.4 Å². The number of halogens is 1. The standard InChI is InChI=1S/C12H23N3O.ClH/c1-15(8-10-3-2-6-13-7-10)9-12(16)14-11-4-5-11;/h10-11,13H,2-9H2,1H3,(H,14,16);1H. The maximum Gasteiger partial charge on any atom is 0.234 e. The Bertz CT molecular complexity index is 240. The summed E-state index contributed by atoms with van der Waals surface area (Å²) >= 11 is 0. The Kier molecular flexibility index (Phi) is 6.23. The molecule has 2 rings (SSSR count). The van der Waals surface area contributed by atoms with E-state index in [1.165, 1.54) is 25.7 Å². The number of nitrogens with zero attached hydrogens (tertiary/aromatic N) is 1. The van der Waals surface area contributed by atoms with Gasteiger partial charge in [-0.3, -0.25) is 9.69 Å². The fraction of sp³-hybridized carbons (Fsp3) is 0.917. The van der Waals surface area contributed by atoms with Crippen LogP contribution in [-0.4, -0.2) is 50.1 Å². The first-order valence-corrected chi connectivity index (χ1v) is 6.42. The van der Waals surface area contributed by atoms with Gasteiger partial charge < -0.3 is 10.6 Å². The molecule has 0 spiro atoms. The van der Waals surface area contributed by atoms with E-state index in [0.29, 0.717) is 18.5 Å². The van der Waals surface area contributed by atoms with Crippen LogP contribution in [0.3, 0.4) is 0 Å². The third kappa shape index (κ3) is 5.70. The van der Waals surface area contributed by atoms with Gasteiger partial charge in [0.15, 0.2) is 0 Å². The molecular formula is C12H24ClN3O. The van der Waals surface area contributed by atoms with E-state index >= 15 is 0 Å². The number of piperidine rings is 1. The van der Waals surface area contributed by atoms with Gasteiger partial charge in [0.1, 0.15) is 0 Å². The van der Waals surface area contributed by atoms with Crippen molar-refractivity contribution in [1.82, 2.24) is 15.5 Å². The van der Waals surface area contributed by atoms with E-state index in [-0.39, 0.29) is 18.3 Å². The number of hydrogen-bond acceptors (Lipinski definition) is 3. The third-order valence-corrected chi connectivity index (χ3v) is 3.32. The fourth-order valence-electron chi connectivity index (χ4n) is 2.33. The summed E-state index contributed by atoms with van der Waals surface area (Å²) in [4.78, 5) is 13.7. The Hall–Kier alpha value is -0.320. The highest BCUT2D eigenvalue weighted by atomic mass is 35.5. The molecule has 1 heterocycles. The van der Waals surface area contributed by atoms with Crippen molar-refractivity contribution in [3.8, 4) is 0 Å². The molecule has 1 atom stereocenters. The van der Waals surface area contributed by atoms with Gasteiger partial charge in [0, 0.05) is 12.6 Å². The molecule has 0 aromatic carbocycles. The van der Waals surface area contributed by atoms with Crippen molar-refractivity contribution in [2.24, 2.45) is 5.92 Å². The largest absolute Gasteiger partial charge is 0.352 e. The minimum absolute atomic E-state index is 0. The van der Waals surface area contributed by atoms with Gasteiger partial charge in [0.25, 0.3) is 0 Å². The molecule has 0 radical (unpaired) electrons. The predicted octanol–water partition coefficient (Wildman–Crippen LogP) is 0.618.